The first-order valence-electron chi connectivity index (χ1n) is 4.77. The molecule has 0 aliphatic carbocycles. The highest BCUT2D eigenvalue weighted by Gasteiger charge is 2.23. The van der Waals surface area contributed by atoms with Crippen molar-refractivity contribution in [3.63, 3.8) is 0 Å². The van der Waals surface area contributed by atoms with Crippen molar-refractivity contribution in [3.05, 3.63) is 12.4 Å². The molecule has 0 spiro atoms. The van der Waals surface area contributed by atoms with Crippen LogP contribution in [0.25, 0.3) is 0 Å². The summed E-state index contributed by atoms with van der Waals surface area (Å²) in [6.45, 7) is 6.46. The normalized spacial score (nSPS) is 29.2. The van der Waals surface area contributed by atoms with E-state index in [4.69, 9.17) is 0 Å². The Morgan fingerprint density at radius 2 is 2.38 bits per heavy atom. The van der Waals surface area contributed by atoms with E-state index >= 15 is 0 Å². The van der Waals surface area contributed by atoms with Gasteiger partial charge in [-0.1, -0.05) is 0 Å². The van der Waals surface area contributed by atoms with Crippen molar-refractivity contribution in [2.75, 3.05) is 18.0 Å². The van der Waals surface area contributed by atoms with Crippen LogP contribution in [0.5, 0.6) is 0 Å². The first-order chi connectivity index (χ1) is 6.27. The molecule has 2 atom stereocenters. The molecule has 0 radical (unpaired) electrons. The Bertz CT molecular complexity index is 257. The van der Waals surface area contributed by atoms with E-state index in [1.165, 1.54) is 0 Å². The highest BCUT2D eigenvalue weighted by molar-refractivity contribution is 5.32. The molecule has 2 rings (SSSR count). The molecule has 0 amide bonds. The van der Waals surface area contributed by atoms with Crippen LogP contribution >= 0.6 is 0 Å². The van der Waals surface area contributed by atoms with Crippen molar-refractivity contribution >= 4 is 5.95 Å². The summed E-state index contributed by atoms with van der Waals surface area (Å²) < 4.78 is 0. The molecule has 1 saturated heterocycles. The summed E-state index contributed by atoms with van der Waals surface area (Å²) in [5.41, 5.74) is 0. The Balaban J connectivity index is 2.12. The van der Waals surface area contributed by atoms with Gasteiger partial charge in [0.15, 0.2) is 0 Å². The predicted molar refractivity (Wildman–Crippen MR) is 52.9 cm³/mol. The standard InChI is InChI=1S/C9H16N4/c1-7-6-13(8(2)5-12-7)9-10-3-4-11-9/h3-4,7-8,12H,5-6H2,1-2H3,(H,10,11). The minimum absolute atomic E-state index is 0.516. The molecule has 0 aromatic carbocycles. The van der Waals surface area contributed by atoms with Gasteiger partial charge in [0.25, 0.3) is 0 Å². The lowest BCUT2D eigenvalue weighted by atomic mass is 10.1. The van der Waals surface area contributed by atoms with Crippen LogP contribution < -0.4 is 10.2 Å². The fourth-order valence-electron chi connectivity index (χ4n) is 1.73. The van der Waals surface area contributed by atoms with Crippen LogP contribution in [-0.2, 0) is 0 Å². The summed E-state index contributed by atoms with van der Waals surface area (Å²) in [6.07, 6.45) is 3.67. The fourth-order valence-corrected chi connectivity index (χ4v) is 1.73. The maximum Gasteiger partial charge on any atom is 0.203 e. The number of H-pyrrole nitrogens is 1. The van der Waals surface area contributed by atoms with E-state index in [0.717, 1.165) is 19.0 Å². The molecule has 4 nitrogen and oxygen atoms in total. The highest BCUT2D eigenvalue weighted by atomic mass is 15.3. The molecule has 2 N–H and O–H groups in total. The molecule has 1 aromatic heterocycles. The van der Waals surface area contributed by atoms with Gasteiger partial charge in [-0.2, -0.15) is 0 Å². The van der Waals surface area contributed by atoms with Gasteiger partial charge in [0, 0.05) is 37.6 Å². The third kappa shape index (κ3) is 1.67. The zero-order chi connectivity index (χ0) is 9.26. The van der Waals surface area contributed by atoms with Gasteiger partial charge in [-0.05, 0) is 13.8 Å². The highest BCUT2D eigenvalue weighted by Crippen LogP contribution is 2.13. The van der Waals surface area contributed by atoms with Crippen LogP contribution in [0.15, 0.2) is 12.4 Å². The topological polar surface area (TPSA) is 44.0 Å². The van der Waals surface area contributed by atoms with E-state index < -0.39 is 0 Å². The molecule has 1 aromatic rings. The molecule has 0 saturated carbocycles. The van der Waals surface area contributed by atoms with E-state index in [9.17, 15) is 0 Å². The second-order valence-corrected chi connectivity index (χ2v) is 3.72. The Morgan fingerprint density at radius 3 is 3.08 bits per heavy atom. The minimum Gasteiger partial charge on any atom is -0.337 e. The number of imidazole rings is 1. The first-order valence-corrected chi connectivity index (χ1v) is 4.77. The molecule has 1 aliphatic heterocycles. The number of hydrogen-bond donors (Lipinski definition) is 2. The monoisotopic (exact) mass is 180 g/mol. The average Bonchev–Trinajstić information content (AvgIpc) is 2.61. The number of hydrogen-bond acceptors (Lipinski definition) is 3. The quantitative estimate of drug-likeness (QED) is 0.665. The molecule has 4 heteroatoms. The number of piperazine rings is 1. The molecule has 72 valence electrons. The van der Waals surface area contributed by atoms with Gasteiger partial charge in [0.05, 0.1) is 0 Å². The summed E-state index contributed by atoms with van der Waals surface area (Å²) in [5.74, 6) is 0.987. The van der Waals surface area contributed by atoms with Crippen molar-refractivity contribution in [1.82, 2.24) is 15.3 Å². The van der Waals surface area contributed by atoms with Crippen LogP contribution in [-0.4, -0.2) is 35.1 Å². The SMILES string of the molecule is CC1CN(c2ncc[nH]2)C(C)CN1. The minimum atomic E-state index is 0.516. The van der Waals surface area contributed by atoms with Gasteiger partial charge in [0.2, 0.25) is 5.95 Å². The van der Waals surface area contributed by atoms with Crippen molar-refractivity contribution in [1.29, 1.82) is 0 Å². The third-order valence-electron chi connectivity index (χ3n) is 2.52. The van der Waals surface area contributed by atoms with Gasteiger partial charge in [-0.25, -0.2) is 4.98 Å². The molecule has 0 bridgehead atoms. The van der Waals surface area contributed by atoms with E-state index in [0.29, 0.717) is 12.1 Å². The van der Waals surface area contributed by atoms with Crippen LogP contribution in [0.4, 0.5) is 5.95 Å². The zero-order valence-corrected chi connectivity index (χ0v) is 8.12. The van der Waals surface area contributed by atoms with E-state index in [1.54, 1.807) is 6.20 Å². The second kappa shape index (κ2) is 3.38. The van der Waals surface area contributed by atoms with Crippen LogP contribution in [0.1, 0.15) is 13.8 Å². The Hall–Kier alpha value is -1.03. The summed E-state index contributed by atoms with van der Waals surface area (Å²) in [4.78, 5) is 9.72. The molecular weight excluding hydrogens is 164 g/mol. The molecular formula is C9H16N4. The Labute approximate surface area is 78.4 Å². The second-order valence-electron chi connectivity index (χ2n) is 3.72. The lowest BCUT2D eigenvalue weighted by molar-refractivity contribution is 0.420. The van der Waals surface area contributed by atoms with Gasteiger partial charge in [-0.3, -0.25) is 0 Å². The number of nitrogens with one attached hydrogen (secondary N) is 2. The summed E-state index contributed by atoms with van der Waals surface area (Å²) >= 11 is 0. The van der Waals surface area contributed by atoms with E-state index in [-0.39, 0.29) is 0 Å². The van der Waals surface area contributed by atoms with E-state index in [1.807, 2.05) is 6.20 Å². The number of rotatable bonds is 1. The Kier molecular flexibility index (Phi) is 2.22. The van der Waals surface area contributed by atoms with Crippen molar-refractivity contribution in [3.8, 4) is 0 Å². The van der Waals surface area contributed by atoms with Gasteiger partial charge >= 0.3 is 0 Å². The summed E-state index contributed by atoms with van der Waals surface area (Å²) in [7, 11) is 0. The Morgan fingerprint density at radius 1 is 1.54 bits per heavy atom. The smallest absolute Gasteiger partial charge is 0.203 e. The number of aromatic nitrogens is 2. The largest absolute Gasteiger partial charge is 0.337 e. The molecule has 13 heavy (non-hydrogen) atoms. The molecule has 2 unspecified atom stereocenters. The van der Waals surface area contributed by atoms with Gasteiger partial charge in [-0.15, -0.1) is 0 Å². The summed E-state index contributed by atoms with van der Waals surface area (Å²) in [5, 5.41) is 3.44. The van der Waals surface area contributed by atoms with Crippen LogP contribution in [0, 0.1) is 0 Å². The maximum atomic E-state index is 4.27. The number of nitrogens with zero attached hydrogens (tertiary/aromatic N) is 2. The average molecular weight is 180 g/mol. The number of aromatic amines is 1. The van der Waals surface area contributed by atoms with Crippen LogP contribution in [0.3, 0.4) is 0 Å². The zero-order valence-electron chi connectivity index (χ0n) is 8.12. The van der Waals surface area contributed by atoms with Crippen molar-refractivity contribution in [2.45, 2.75) is 25.9 Å². The molecule has 1 fully saturated rings. The third-order valence-corrected chi connectivity index (χ3v) is 2.52. The van der Waals surface area contributed by atoms with Gasteiger partial charge < -0.3 is 15.2 Å². The lowest BCUT2D eigenvalue weighted by Crippen LogP contribution is -2.54. The molecule has 2 heterocycles. The van der Waals surface area contributed by atoms with Crippen molar-refractivity contribution in [2.24, 2.45) is 0 Å². The number of anilines is 1. The van der Waals surface area contributed by atoms with Crippen LogP contribution in [0.2, 0.25) is 0 Å². The molecule has 1 aliphatic rings. The van der Waals surface area contributed by atoms with Crippen molar-refractivity contribution < 1.29 is 0 Å². The maximum absolute atomic E-state index is 4.27. The lowest BCUT2D eigenvalue weighted by Gasteiger charge is -2.37. The van der Waals surface area contributed by atoms with E-state index in [2.05, 4.69) is 34.0 Å². The first kappa shape index (κ1) is 8.56. The van der Waals surface area contributed by atoms with Gasteiger partial charge in [0.1, 0.15) is 0 Å². The predicted octanol–water partition coefficient (Wildman–Crippen LogP) is 0.596. The fraction of sp³-hybridized carbons (Fsp3) is 0.667. The summed E-state index contributed by atoms with van der Waals surface area (Å²) in [6, 6.07) is 1.06.